The van der Waals surface area contributed by atoms with Crippen LogP contribution in [-0.2, 0) is 65.4 Å². The van der Waals surface area contributed by atoms with Crippen molar-refractivity contribution in [2.24, 2.45) is 5.92 Å². The molecule has 0 aliphatic rings. The minimum Gasteiger partial charge on any atom is -0.462 e. The third kappa shape index (κ3) is 72.8. The van der Waals surface area contributed by atoms with E-state index in [4.69, 9.17) is 37.0 Å². The van der Waals surface area contributed by atoms with Gasteiger partial charge in [0.1, 0.15) is 19.3 Å². The van der Waals surface area contributed by atoms with Gasteiger partial charge >= 0.3 is 39.5 Å². The monoisotopic (exact) mass is 1450 g/mol. The van der Waals surface area contributed by atoms with Crippen LogP contribution in [0, 0.1) is 5.92 Å². The molecule has 99 heavy (non-hydrogen) atoms. The van der Waals surface area contributed by atoms with Gasteiger partial charge in [-0.1, -0.05) is 375 Å². The number of rotatable bonds is 80. The van der Waals surface area contributed by atoms with Gasteiger partial charge in [-0.3, -0.25) is 37.3 Å². The molecule has 0 aliphatic heterocycles. The van der Waals surface area contributed by atoms with Crippen molar-refractivity contribution in [3.63, 3.8) is 0 Å². The Labute approximate surface area is 607 Å². The Morgan fingerprint density at radius 3 is 0.717 bits per heavy atom. The molecule has 0 aliphatic carbocycles. The maximum absolute atomic E-state index is 13.1. The van der Waals surface area contributed by atoms with Crippen LogP contribution in [0.3, 0.4) is 0 Å². The van der Waals surface area contributed by atoms with Gasteiger partial charge in [0, 0.05) is 25.7 Å². The standard InChI is InChI=1S/C80H156O17P2/c1-6-10-13-16-18-20-22-24-26-33-37-41-45-49-54-59-64-78(83)91-70-76(97-80(85)66-61-56-51-47-43-39-35-31-29-28-30-32-36-40-44-48-53-57-62-73(5)9-4)72-95-99(88,89)93-68-74(81)67-92-98(86,87)94-71-75(69-90-77(82)63-58-52-15-12-8-3)96-79(84)65-60-55-50-46-42-38-34-27-25-23-21-19-17-14-11-7-2/h73-76,81H,6-72H2,1-5H3,(H,86,87)(H,88,89)/t73?,74-,75+,76+/m0/s1. The highest BCUT2D eigenvalue weighted by Gasteiger charge is 2.30. The summed E-state index contributed by atoms with van der Waals surface area (Å²) in [5.74, 6) is -1.25. The Bertz CT molecular complexity index is 1890. The van der Waals surface area contributed by atoms with Crippen LogP contribution in [0.2, 0.25) is 0 Å². The molecule has 0 aromatic heterocycles. The van der Waals surface area contributed by atoms with Crippen molar-refractivity contribution in [3.8, 4) is 0 Å². The third-order valence-corrected chi connectivity index (χ3v) is 21.0. The molecule has 17 nitrogen and oxygen atoms in total. The molecular formula is C80H156O17P2. The quantitative estimate of drug-likeness (QED) is 0.0222. The van der Waals surface area contributed by atoms with Gasteiger partial charge in [-0.2, -0.15) is 0 Å². The van der Waals surface area contributed by atoms with Crippen LogP contribution in [0.25, 0.3) is 0 Å². The lowest BCUT2D eigenvalue weighted by molar-refractivity contribution is -0.161. The van der Waals surface area contributed by atoms with E-state index in [1.807, 2.05) is 0 Å². The van der Waals surface area contributed by atoms with Crippen LogP contribution in [0.5, 0.6) is 0 Å². The van der Waals surface area contributed by atoms with E-state index in [1.54, 1.807) is 0 Å². The first-order chi connectivity index (χ1) is 48.1. The van der Waals surface area contributed by atoms with Gasteiger partial charge in [0.2, 0.25) is 0 Å². The summed E-state index contributed by atoms with van der Waals surface area (Å²) >= 11 is 0. The van der Waals surface area contributed by atoms with Gasteiger partial charge in [-0.05, 0) is 31.6 Å². The van der Waals surface area contributed by atoms with Gasteiger partial charge in [0.05, 0.1) is 26.4 Å². The number of aliphatic hydroxyl groups is 1. The van der Waals surface area contributed by atoms with Gasteiger partial charge < -0.3 is 33.8 Å². The number of hydrogen-bond acceptors (Lipinski definition) is 15. The molecule has 0 spiro atoms. The molecule has 0 amide bonds. The summed E-state index contributed by atoms with van der Waals surface area (Å²) in [5, 5.41) is 10.6. The van der Waals surface area contributed by atoms with Crippen molar-refractivity contribution in [1.29, 1.82) is 0 Å². The predicted octanol–water partition coefficient (Wildman–Crippen LogP) is 24.0. The van der Waals surface area contributed by atoms with Gasteiger partial charge in [0.15, 0.2) is 12.2 Å². The second kappa shape index (κ2) is 73.0. The Morgan fingerprint density at radius 2 is 0.485 bits per heavy atom. The number of carbonyl (C=O) groups excluding carboxylic acids is 4. The predicted molar refractivity (Wildman–Crippen MR) is 405 cm³/mol. The smallest absolute Gasteiger partial charge is 0.462 e. The topological polar surface area (TPSA) is 237 Å². The maximum Gasteiger partial charge on any atom is 0.472 e. The first-order valence-electron chi connectivity index (χ1n) is 41.7. The van der Waals surface area contributed by atoms with E-state index in [9.17, 15) is 43.2 Å². The Balaban J connectivity index is 5.11. The van der Waals surface area contributed by atoms with Crippen LogP contribution in [-0.4, -0.2) is 96.7 Å². The van der Waals surface area contributed by atoms with Crippen molar-refractivity contribution in [3.05, 3.63) is 0 Å². The fraction of sp³-hybridized carbons (Fsp3) is 0.950. The highest BCUT2D eigenvalue weighted by atomic mass is 31.2. The average molecular weight is 1450 g/mol. The number of ether oxygens (including phenoxy) is 4. The van der Waals surface area contributed by atoms with E-state index in [0.717, 1.165) is 102 Å². The van der Waals surface area contributed by atoms with Crippen LogP contribution < -0.4 is 0 Å². The summed E-state index contributed by atoms with van der Waals surface area (Å²) in [4.78, 5) is 72.7. The summed E-state index contributed by atoms with van der Waals surface area (Å²) in [6.07, 6.45) is 64.2. The number of carbonyl (C=O) groups is 4. The summed E-state index contributed by atoms with van der Waals surface area (Å²) in [7, 11) is -9.91. The molecule has 0 radical (unpaired) electrons. The number of aliphatic hydroxyl groups excluding tert-OH is 1. The molecule has 3 unspecified atom stereocenters. The first kappa shape index (κ1) is 97.1. The molecule has 0 bridgehead atoms. The summed E-state index contributed by atoms with van der Waals surface area (Å²) in [6.45, 7) is 7.31. The Morgan fingerprint density at radius 1 is 0.283 bits per heavy atom. The number of esters is 4. The summed E-state index contributed by atoms with van der Waals surface area (Å²) in [5.41, 5.74) is 0. The van der Waals surface area contributed by atoms with Gasteiger partial charge in [-0.25, -0.2) is 9.13 Å². The molecule has 19 heteroatoms. The van der Waals surface area contributed by atoms with Crippen LogP contribution >= 0.6 is 15.6 Å². The van der Waals surface area contributed by atoms with Crippen molar-refractivity contribution in [2.75, 3.05) is 39.6 Å². The summed E-state index contributed by atoms with van der Waals surface area (Å²) < 4.78 is 68.4. The molecule has 0 rings (SSSR count). The minimum atomic E-state index is -4.96. The molecule has 3 N–H and O–H groups in total. The first-order valence-corrected chi connectivity index (χ1v) is 44.7. The molecule has 0 fully saturated rings. The SMILES string of the molecule is CCCCCCCCCCCCCCCCCCC(=O)OC[C@H](COP(=O)(O)OC[C@@H](O)COP(=O)(O)OC[C@@H](COC(=O)CCCCCCC)OC(=O)CCCCCCCCCCCCCCCCCC)OC(=O)CCCCCCCCCCCCCCCCCCCCC(C)CC. The number of phosphoric ester groups is 2. The zero-order valence-electron chi connectivity index (χ0n) is 64.6. The van der Waals surface area contributed by atoms with E-state index in [0.29, 0.717) is 25.7 Å². The number of unbranched alkanes of at least 4 members (excludes halogenated alkanes) is 51. The van der Waals surface area contributed by atoms with Crippen LogP contribution in [0.4, 0.5) is 0 Å². The Hall–Kier alpha value is -1.94. The number of hydrogen-bond donors (Lipinski definition) is 3. The normalized spacial score (nSPS) is 14.1. The molecule has 0 saturated carbocycles. The van der Waals surface area contributed by atoms with E-state index >= 15 is 0 Å². The van der Waals surface area contributed by atoms with Crippen molar-refractivity contribution < 1.29 is 80.2 Å². The van der Waals surface area contributed by atoms with E-state index in [1.165, 1.54) is 244 Å². The fourth-order valence-electron chi connectivity index (χ4n) is 12.4. The lowest BCUT2D eigenvalue weighted by atomic mass is 9.99. The molecule has 6 atom stereocenters. The lowest BCUT2D eigenvalue weighted by Gasteiger charge is -2.21. The molecule has 0 aromatic rings. The van der Waals surface area contributed by atoms with E-state index < -0.39 is 97.5 Å². The Kier molecular flexibility index (Phi) is 71.6. The van der Waals surface area contributed by atoms with Crippen molar-refractivity contribution in [1.82, 2.24) is 0 Å². The molecule has 588 valence electrons. The lowest BCUT2D eigenvalue weighted by Crippen LogP contribution is -2.30. The fourth-order valence-corrected chi connectivity index (χ4v) is 14.0. The zero-order chi connectivity index (χ0) is 72.7. The highest BCUT2D eigenvalue weighted by molar-refractivity contribution is 7.47. The molecule has 0 saturated heterocycles. The third-order valence-electron chi connectivity index (χ3n) is 19.1. The summed E-state index contributed by atoms with van der Waals surface area (Å²) in [6, 6.07) is 0. The van der Waals surface area contributed by atoms with E-state index in [-0.39, 0.29) is 25.7 Å². The second-order valence-electron chi connectivity index (χ2n) is 29.1. The van der Waals surface area contributed by atoms with Crippen molar-refractivity contribution in [2.45, 2.75) is 445 Å². The highest BCUT2D eigenvalue weighted by Crippen LogP contribution is 2.45. The largest absolute Gasteiger partial charge is 0.472 e. The molecule has 0 aromatic carbocycles. The van der Waals surface area contributed by atoms with Crippen molar-refractivity contribution >= 4 is 39.5 Å². The average Bonchev–Trinajstić information content (AvgIpc) is 2.13. The second-order valence-corrected chi connectivity index (χ2v) is 32.0. The zero-order valence-corrected chi connectivity index (χ0v) is 66.4. The molecule has 0 heterocycles. The van der Waals surface area contributed by atoms with Crippen LogP contribution in [0.1, 0.15) is 426 Å². The molecular weight excluding hydrogens is 1290 g/mol. The van der Waals surface area contributed by atoms with Crippen LogP contribution in [0.15, 0.2) is 0 Å². The van der Waals surface area contributed by atoms with E-state index in [2.05, 4.69) is 34.6 Å². The minimum absolute atomic E-state index is 0.108. The number of phosphoric acid groups is 2. The maximum atomic E-state index is 13.1. The van der Waals surface area contributed by atoms with Gasteiger partial charge in [0.25, 0.3) is 0 Å². The van der Waals surface area contributed by atoms with Gasteiger partial charge in [-0.15, -0.1) is 0 Å².